The predicted octanol–water partition coefficient (Wildman–Crippen LogP) is 2.59. The van der Waals surface area contributed by atoms with E-state index in [1.165, 1.54) is 0 Å². The van der Waals surface area contributed by atoms with Crippen molar-refractivity contribution in [1.82, 2.24) is 0 Å². The SMILES string of the molecule is CC(C)(C)C(CCO)Nc1ccc(C(=O)O)cc1. The number of benzene rings is 1. The van der Waals surface area contributed by atoms with E-state index in [0.29, 0.717) is 6.42 Å². The fourth-order valence-electron chi connectivity index (χ4n) is 1.76. The van der Waals surface area contributed by atoms with E-state index in [1.807, 2.05) is 0 Å². The Labute approximate surface area is 108 Å². The minimum absolute atomic E-state index is 0.0220. The normalized spacial score (nSPS) is 13.1. The number of carboxylic acid groups (broad SMARTS) is 1. The van der Waals surface area contributed by atoms with E-state index in [9.17, 15) is 4.79 Å². The topological polar surface area (TPSA) is 69.6 Å². The fourth-order valence-corrected chi connectivity index (χ4v) is 1.76. The average Bonchev–Trinajstić information content (AvgIpc) is 2.28. The zero-order valence-corrected chi connectivity index (χ0v) is 11.1. The van der Waals surface area contributed by atoms with Gasteiger partial charge in [0.1, 0.15) is 0 Å². The van der Waals surface area contributed by atoms with E-state index in [2.05, 4.69) is 26.1 Å². The first-order chi connectivity index (χ1) is 8.34. The van der Waals surface area contributed by atoms with Crippen LogP contribution in [0.15, 0.2) is 24.3 Å². The predicted molar refractivity (Wildman–Crippen MR) is 72.0 cm³/mol. The molecule has 0 fully saturated rings. The molecule has 0 heterocycles. The van der Waals surface area contributed by atoms with Crippen molar-refractivity contribution in [1.29, 1.82) is 0 Å². The van der Waals surface area contributed by atoms with Crippen molar-refractivity contribution < 1.29 is 15.0 Å². The first-order valence-corrected chi connectivity index (χ1v) is 6.05. The standard InChI is InChI=1S/C14H21NO3/c1-14(2,3)12(8-9-16)15-11-6-4-10(5-7-11)13(17)18/h4-7,12,15-16H,8-9H2,1-3H3,(H,17,18). The van der Waals surface area contributed by atoms with Crippen LogP contribution in [-0.2, 0) is 0 Å². The Morgan fingerprint density at radius 2 is 1.83 bits per heavy atom. The number of aliphatic hydroxyl groups is 1. The maximum atomic E-state index is 10.7. The number of aliphatic hydroxyl groups excluding tert-OH is 1. The Bertz CT molecular complexity index is 392. The largest absolute Gasteiger partial charge is 0.478 e. The summed E-state index contributed by atoms with van der Waals surface area (Å²) in [6.07, 6.45) is 0.657. The molecule has 0 radical (unpaired) electrons. The molecule has 1 rings (SSSR count). The molecule has 0 amide bonds. The third kappa shape index (κ3) is 4.04. The molecule has 0 aliphatic rings. The molecule has 4 nitrogen and oxygen atoms in total. The maximum absolute atomic E-state index is 10.7. The Morgan fingerprint density at radius 3 is 2.22 bits per heavy atom. The summed E-state index contributed by atoms with van der Waals surface area (Å²) in [5.41, 5.74) is 1.16. The zero-order chi connectivity index (χ0) is 13.8. The summed E-state index contributed by atoms with van der Waals surface area (Å²) in [5.74, 6) is -0.927. The first-order valence-electron chi connectivity index (χ1n) is 6.05. The van der Waals surface area contributed by atoms with Crippen molar-refractivity contribution in [2.45, 2.75) is 33.2 Å². The lowest BCUT2D eigenvalue weighted by molar-refractivity contribution is 0.0697. The second-order valence-electron chi connectivity index (χ2n) is 5.46. The molecule has 0 saturated heterocycles. The Hall–Kier alpha value is -1.55. The minimum atomic E-state index is -0.927. The quantitative estimate of drug-likeness (QED) is 0.752. The van der Waals surface area contributed by atoms with Crippen LogP contribution in [0.3, 0.4) is 0 Å². The van der Waals surface area contributed by atoms with Gasteiger partial charge in [-0.25, -0.2) is 4.79 Å². The van der Waals surface area contributed by atoms with E-state index in [4.69, 9.17) is 10.2 Å². The van der Waals surface area contributed by atoms with Crippen LogP contribution in [0.25, 0.3) is 0 Å². The molecule has 0 bridgehead atoms. The molecule has 1 atom stereocenters. The van der Waals surface area contributed by atoms with Crippen LogP contribution in [0.2, 0.25) is 0 Å². The summed E-state index contributed by atoms with van der Waals surface area (Å²) in [7, 11) is 0. The molecule has 0 aromatic heterocycles. The molecule has 1 aromatic carbocycles. The van der Waals surface area contributed by atoms with Crippen LogP contribution in [-0.4, -0.2) is 28.8 Å². The fraction of sp³-hybridized carbons (Fsp3) is 0.500. The van der Waals surface area contributed by atoms with Gasteiger partial charge in [-0.15, -0.1) is 0 Å². The number of anilines is 1. The molecule has 3 N–H and O–H groups in total. The van der Waals surface area contributed by atoms with Crippen molar-refractivity contribution in [3.05, 3.63) is 29.8 Å². The summed E-state index contributed by atoms with van der Waals surface area (Å²) in [4.78, 5) is 10.7. The van der Waals surface area contributed by atoms with Crippen molar-refractivity contribution in [2.75, 3.05) is 11.9 Å². The van der Waals surface area contributed by atoms with Crippen molar-refractivity contribution in [3.63, 3.8) is 0 Å². The average molecular weight is 251 g/mol. The monoisotopic (exact) mass is 251 g/mol. The number of nitrogens with one attached hydrogen (secondary N) is 1. The number of carboxylic acids is 1. The Balaban J connectivity index is 2.78. The maximum Gasteiger partial charge on any atom is 0.335 e. The van der Waals surface area contributed by atoms with E-state index < -0.39 is 5.97 Å². The molecule has 18 heavy (non-hydrogen) atoms. The third-order valence-electron chi connectivity index (χ3n) is 2.94. The molecule has 100 valence electrons. The molecule has 0 aliphatic carbocycles. The van der Waals surface area contributed by atoms with E-state index >= 15 is 0 Å². The molecular weight excluding hydrogens is 230 g/mol. The van der Waals surface area contributed by atoms with Crippen LogP contribution >= 0.6 is 0 Å². The van der Waals surface area contributed by atoms with Crippen molar-refractivity contribution in [3.8, 4) is 0 Å². The smallest absolute Gasteiger partial charge is 0.335 e. The van der Waals surface area contributed by atoms with Crippen LogP contribution in [0.1, 0.15) is 37.6 Å². The van der Waals surface area contributed by atoms with Crippen LogP contribution in [0.4, 0.5) is 5.69 Å². The number of carbonyl (C=O) groups is 1. The van der Waals surface area contributed by atoms with E-state index in [-0.39, 0.29) is 23.6 Å². The molecule has 4 heteroatoms. The molecular formula is C14H21NO3. The third-order valence-corrected chi connectivity index (χ3v) is 2.94. The van der Waals surface area contributed by atoms with Gasteiger partial charge in [0.15, 0.2) is 0 Å². The van der Waals surface area contributed by atoms with Gasteiger partial charge < -0.3 is 15.5 Å². The van der Waals surface area contributed by atoms with Gasteiger partial charge in [-0.2, -0.15) is 0 Å². The Kier molecular flexibility index (Phi) is 4.73. The first kappa shape index (κ1) is 14.5. The number of hydrogen-bond donors (Lipinski definition) is 3. The molecule has 0 saturated carbocycles. The molecule has 1 aromatic rings. The second-order valence-corrected chi connectivity index (χ2v) is 5.46. The van der Waals surface area contributed by atoms with Gasteiger partial charge >= 0.3 is 5.97 Å². The highest BCUT2D eigenvalue weighted by Gasteiger charge is 2.23. The highest BCUT2D eigenvalue weighted by molar-refractivity contribution is 5.88. The summed E-state index contributed by atoms with van der Waals surface area (Å²) in [6.45, 7) is 6.44. The van der Waals surface area contributed by atoms with Gasteiger partial charge in [-0.05, 0) is 36.1 Å². The van der Waals surface area contributed by atoms with Gasteiger partial charge in [0.2, 0.25) is 0 Å². The zero-order valence-electron chi connectivity index (χ0n) is 11.1. The molecule has 1 unspecified atom stereocenters. The van der Waals surface area contributed by atoms with Gasteiger partial charge in [0, 0.05) is 18.3 Å². The molecule has 0 aliphatic heterocycles. The molecule has 0 spiro atoms. The van der Waals surface area contributed by atoms with Crippen LogP contribution < -0.4 is 5.32 Å². The summed E-state index contributed by atoms with van der Waals surface area (Å²) in [5, 5.41) is 21.2. The highest BCUT2D eigenvalue weighted by Crippen LogP contribution is 2.25. The van der Waals surface area contributed by atoms with Crippen molar-refractivity contribution in [2.24, 2.45) is 5.41 Å². The van der Waals surface area contributed by atoms with Crippen LogP contribution in [0.5, 0.6) is 0 Å². The lowest BCUT2D eigenvalue weighted by Gasteiger charge is -2.32. The minimum Gasteiger partial charge on any atom is -0.478 e. The van der Waals surface area contributed by atoms with Gasteiger partial charge in [0.25, 0.3) is 0 Å². The second kappa shape index (κ2) is 5.87. The van der Waals surface area contributed by atoms with Crippen LogP contribution in [0, 0.1) is 5.41 Å². The lowest BCUT2D eigenvalue weighted by atomic mass is 9.85. The number of aromatic carboxylic acids is 1. The van der Waals surface area contributed by atoms with Crippen molar-refractivity contribution >= 4 is 11.7 Å². The number of rotatable bonds is 5. The van der Waals surface area contributed by atoms with Gasteiger partial charge in [-0.1, -0.05) is 20.8 Å². The summed E-state index contributed by atoms with van der Waals surface area (Å²) < 4.78 is 0. The lowest BCUT2D eigenvalue weighted by Crippen LogP contribution is -2.34. The van der Waals surface area contributed by atoms with Gasteiger partial charge in [-0.3, -0.25) is 0 Å². The summed E-state index contributed by atoms with van der Waals surface area (Å²) in [6, 6.07) is 6.78. The van der Waals surface area contributed by atoms with Gasteiger partial charge in [0.05, 0.1) is 5.56 Å². The highest BCUT2D eigenvalue weighted by atomic mass is 16.4. The number of hydrogen-bond acceptors (Lipinski definition) is 3. The summed E-state index contributed by atoms with van der Waals surface area (Å²) >= 11 is 0. The van der Waals surface area contributed by atoms with E-state index in [0.717, 1.165) is 5.69 Å². The van der Waals surface area contributed by atoms with E-state index in [1.54, 1.807) is 24.3 Å². The Morgan fingerprint density at radius 1 is 1.28 bits per heavy atom.